The van der Waals surface area contributed by atoms with Crippen molar-refractivity contribution >= 4 is 0 Å². The lowest BCUT2D eigenvalue weighted by Crippen LogP contribution is -2.53. The lowest BCUT2D eigenvalue weighted by Gasteiger charge is -2.41. The first-order chi connectivity index (χ1) is 10.3. The molecule has 2 rings (SSSR count). The quantitative estimate of drug-likeness (QED) is 0.847. The highest BCUT2D eigenvalue weighted by Crippen LogP contribution is 2.33. The van der Waals surface area contributed by atoms with Crippen molar-refractivity contribution in [3.63, 3.8) is 0 Å². The number of nitrogens with one attached hydrogen (secondary N) is 1. The topological polar surface area (TPSA) is 41.5 Å². The molecule has 0 saturated carbocycles. The fraction of sp³-hybridized carbons (Fsp3) is 0.625. The Morgan fingerprint density at radius 2 is 2.00 bits per heavy atom. The summed E-state index contributed by atoms with van der Waals surface area (Å²) in [5, 5.41) is 12.7. The van der Waals surface area contributed by atoms with Crippen LogP contribution in [0.1, 0.15) is 31.0 Å². The lowest BCUT2D eigenvalue weighted by molar-refractivity contribution is -0.137. The van der Waals surface area contributed by atoms with Crippen LogP contribution < -0.4 is 5.32 Å². The van der Waals surface area contributed by atoms with E-state index >= 15 is 0 Å². The van der Waals surface area contributed by atoms with E-state index < -0.39 is 11.7 Å². The van der Waals surface area contributed by atoms with Crippen molar-refractivity contribution in [2.75, 3.05) is 26.4 Å². The molecule has 1 heterocycles. The van der Waals surface area contributed by atoms with E-state index in [0.717, 1.165) is 6.07 Å². The second-order valence-corrected chi connectivity index (χ2v) is 6.38. The Morgan fingerprint density at radius 3 is 2.45 bits per heavy atom. The van der Waals surface area contributed by atoms with E-state index in [1.807, 2.05) is 13.8 Å². The Morgan fingerprint density at radius 1 is 1.32 bits per heavy atom. The van der Waals surface area contributed by atoms with E-state index in [1.165, 1.54) is 12.1 Å². The fourth-order valence-corrected chi connectivity index (χ4v) is 2.61. The highest BCUT2D eigenvalue weighted by Gasteiger charge is 2.38. The molecule has 1 fully saturated rings. The van der Waals surface area contributed by atoms with Crippen LogP contribution in [0.25, 0.3) is 0 Å². The van der Waals surface area contributed by atoms with Crippen LogP contribution in [0.2, 0.25) is 0 Å². The van der Waals surface area contributed by atoms with Gasteiger partial charge in [0.05, 0.1) is 30.8 Å². The molecule has 1 aliphatic rings. The van der Waals surface area contributed by atoms with Gasteiger partial charge in [0.1, 0.15) is 0 Å². The number of benzene rings is 1. The van der Waals surface area contributed by atoms with Gasteiger partial charge in [0.2, 0.25) is 0 Å². The van der Waals surface area contributed by atoms with Crippen LogP contribution in [0.15, 0.2) is 24.3 Å². The Labute approximate surface area is 128 Å². The average Bonchev–Trinajstić information content (AvgIpc) is 2.41. The maximum atomic E-state index is 12.9. The Hall–Kier alpha value is -1.11. The molecule has 0 radical (unpaired) electrons. The van der Waals surface area contributed by atoms with Crippen LogP contribution in [0.4, 0.5) is 13.2 Å². The number of rotatable bonds is 6. The third-order valence-corrected chi connectivity index (χ3v) is 4.09. The third-order valence-electron chi connectivity index (χ3n) is 4.09. The van der Waals surface area contributed by atoms with Gasteiger partial charge < -0.3 is 15.2 Å². The number of halogens is 3. The highest BCUT2D eigenvalue weighted by molar-refractivity contribution is 5.28. The molecule has 3 nitrogen and oxygen atoms in total. The minimum atomic E-state index is -4.34. The predicted octanol–water partition coefficient (Wildman–Crippen LogP) is 3.00. The van der Waals surface area contributed by atoms with Crippen molar-refractivity contribution in [3.8, 4) is 0 Å². The Bertz CT molecular complexity index is 493. The SMILES string of the molecule is CC(C)C(NCC1(CO)COC1)c1cccc(C(F)(F)F)c1. The first kappa shape index (κ1) is 17.2. The summed E-state index contributed by atoms with van der Waals surface area (Å²) in [6, 6.07) is 5.21. The minimum Gasteiger partial charge on any atom is -0.396 e. The molecule has 0 aromatic heterocycles. The summed E-state index contributed by atoms with van der Waals surface area (Å²) in [7, 11) is 0. The highest BCUT2D eigenvalue weighted by atomic mass is 19.4. The predicted molar refractivity (Wildman–Crippen MR) is 77.4 cm³/mol. The van der Waals surface area contributed by atoms with Crippen LogP contribution in [0.5, 0.6) is 0 Å². The first-order valence-electron chi connectivity index (χ1n) is 7.37. The molecule has 1 atom stereocenters. The molecule has 2 N–H and O–H groups in total. The zero-order valence-corrected chi connectivity index (χ0v) is 12.8. The van der Waals surface area contributed by atoms with Gasteiger partial charge in [-0.25, -0.2) is 0 Å². The van der Waals surface area contributed by atoms with Crippen molar-refractivity contribution in [2.24, 2.45) is 11.3 Å². The molecule has 0 spiro atoms. The summed E-state index contributed by atoms with van der Waals surface area (Å²) in [5.41, 5.74) is -0.339. The second-order valence-electron chi connectivity index (χ2n) is 6.38. The summed E-state index contributed by atoms with van der Waals surface area (Å²) in [5.74, 6) is 0.125. The number of aliphatic hydroxyl groups is 1. The molecular formula is C16H22F3NO2. The Kier molecular flexibility index (Phi) is 5.14. The molecule has 1 aromatic carbocycles. The zero-order valence-electron chi connectivity index (χ0n) is 12.8. The molecular weight excluding hydrogens is 295 g/mol. The number of hydrogen-bond acceptors (Lipinski definition) is 3. The minimum absolute atomic E-state index is 0.00735. The van der Waals surface area contributed by atoms with Crippen LogP contribution in [0.3, 0.4) is 0 Å². The number of ether oxygens (including phenoxy) is 1. The summed E-state index contributed by atoms with van der Waals surface area (Å²) < 4.78 is 43.7. The number of alkyl halides is 3. The van der Waals surface area contributed by atoms with Gasteiger partial charge in [-0.05, 0) is 23.6 Å². The van der Waals surface area contributed by atoms with Gasteiger partial charge in [0, 0.05) is 12.6 Å². The van der Waals surface area contributed by atoms with Crippen molar-refractivity contribution in [1.82, 2.24) is 5.32 Å². The van der Waals surface area contributed by atoms with Gasteiger partial charge in [-0.3, -0.25) is 0 Å². The maximum Gasteiger partial charge on any atom is 0.416 e. The largest absolute Gasteiger partial charge is 0.416 e. The molecule has 0 amide bonds. The maximum absolute atomic E-state index is 12.9. The monoisotopic (exact) mass is 317 g/mol. The molecule has 1 saturated heterocycles. The third kappa shape index (κ3) is 3.80. The summed E-state index contributed by atoms with van der Waals surface area (Å²) in [4.78, 5) is 0. The molecule has 124 valence electrons. The van der Waals surface area contributed by atoms with Crippen LogP contribution in [-0.2, 0) is 10.9 Å². The normalized spacial score (nSPS) is 19.0. The Balaban J connectivity index is 2.14. The van der Waals surface area contributed by atoms with Crippen molar-refractivity contribution in [2.45, 2.75) is 26.1 Å². The fourth-order valence-electron chi connectivity index (χ4n) is 2.61. The molecule has 1 aromatic rings. The van der Waals surface area contributed by atoms with Gasteiger partial charge in [-0.1, -0.05) is 26.0 Å². The first-order valence-corrected chi connectivity index (χ1v) is 7.37. The van der Waals surface area contributed by atoms with E-state index in [4.69, 9.17) is 4.74 Å². The van der Waals surface area contributed by atoms with E-state index in [2.05, 4.69) is 5.32 Å². The molecule has 1 unspecified atom stereocenters. The average molecular weight is 317 g/mol. The van der Waals surface area contributed by atoms with Gasteiger partial charge in [0.25, 0.3) is 0 Å². The molecule has 0 bridgehead atoms. The van der Waals surface area contributed by atoms with Gasteiger partial charge in [-0.15, -0.1) is 0 Å². The van der Waals surface area contributed by atoms with E-state index in [1.54, 1.807) is 6.07 Å². The summed E-state index contributed by atoms with van der Waals surface area (Å²) in [6.45, 7) is 5.39. The van der Waals surface area contributed by atoms with Gasteiger partial charge in [-0.2, -0.15) is 13.2 Å². The van der Waals surface area contributed by atoms with Gasteiger partial charge in [0.15, 0.2) is 0 Å². The molecule has 22 heavy (non-hydrogen) atoms. The summed E-state index contributed by atoms with van der Waals surface area (Å²) in [6.07, 6.45) is -4.34. The van der Waals surface area contributed by atoms with E-state index in [9.17, 15) is 18.3 Å². The molecule has 1 aliphatic heterocycles. The number of aliphatic hydroxyl groups excluding tert-OH is 1. The van der Waals surface area contributed by atoms with Crippen molar-refractivity contribution in [3.05, 3.63) is 35.4 Å². The van der Waals surface area contributed by atoms with Crippen molar-refractivity contribution in [1.29, 1.82) is 0 Å². The number of hydrogen-bond donors (Lipinski definition) is 2. The van der Waals surface area contributed by atoms with Gasteiger partial charge >= 0.3 is 6.18 Å². The van der Waals surface area contributed by atoms with Crippen molar-refractivity contribution < 1.29 is 23.0 Å². The molecule has 0 aliphatic carbocycles. The van der Waals surface area contributed by atoms with Crippen LogP contribution >= 0.6 is 0 Å². The molecule has 6 heteroatoms. The zero-order chi connectivity index (χ0) is 16.4. The second kappa shape index (κ2) is 6.56. The van der Waals surface area contributed by atoms with Crippen LogP contribution in [-0.4, -0.2) is 31.5 Å². The van der Waals surface area contributed by atoms with Crippen LogP contribution in [0, 0.1) is 11.3 Å². The lowest BCUT2D eigenvalue weighted by atomic mass is 9.85. The standard InChI is InChI=1S/C16H22F3NO2/c1-11(2)14(20-7-15(8-21)9-22-10-15)12-4-3-5-13(6-12)16(17,18)19/h3-6,11,14,20-21H,7-10H2,1-2H3. The van der Waals surface area contributed by atoms with E-state index in [0.29, 0.717) is 25.3 Å². The van der Waals surface area contributed by atoms with E-state index in [-0.39, 0.29) is 24.0 Å². The summed E-state index contributed by atoms with van der Waals surface area (Å²) >= 11 is 0. The smallest absolute Gasteiger partial charge is 0.396 e.